The second-order valence-corrected chi connectivity index (χ2v) is 8.90. The minimum atomic E-state index is -0.292. The number of fused-ring (bicyclic) bond motifs is 3. The molecule has 4 rings (SSSR count). The molecule has 1 aliphatic heterocycles. The topological polar surface area (TPSA) is 67.4 Å². The molecule has 2 aromatic rings. The van der Waals surface area contributed by atoms with Crippen molar-refractivity contribution in [1.29, 1.82) is 0 Å². The number of anilines is 1. The van der Waals surface area contributed by atoms with Crippen LogP contribution in [-0.4, -0.2) is 53.1 Å². The van der Waals surface area contributed by atoms with Gasteiger partial charge in [0, 0.05) is 18.0 Å². The Kier molecular flexibility index (Phi) is 5.32. The Hall–Kier alpha value is -1.73. The molecule has 2 aromatic heterocycles. The standard InChI is InChI=1S/C20H28N4O2S/c1-12(2)17(20(25)24-8-10-26-11-9-24)23-18-16-14-6-4-5-7-15(14)27-19(16)22-13(3)21-18/h12,17H,4-11H2,1-3H3,(H,21,22,23). The first-order valence-electron chi connectivity index (χ1n) is 9.96. The minimum Gasteiger partial charge on any atom is -0.378 e. The van der Waals surface area contributed by atoms with Gasteiger partial charge in [-0.1, -0.05) is 13.8 Å². The number of hydrogen-bond acceptors (Lipinski definition) is 6. The number of carbonyl (C=O) groups is 1. The van der Waals surface area contributed by atoms with E-state index in [1.54, 1.807) is 11.3 Å². The molecule has 6 nitrogen and oxygen atoms in total. The molecule has 0 radical (unpaired) electrons. The number of thiophene rings is 1. The molecule has 1 amide bonds. The van der Waals surface area contributed by atoms with Crippen molar-refractivity contribution in [2.75, 3.05) is 31.6 Å². The van der Waals surface area contributed by atoms with Crippen LogP contribution in [0.1, 0.15) is 43.0 Å². The van der Waals surface area contributed by atoms with E-state index >= 15 is 0 Å². The Labute approximate surface area is 164 Å². The van der Waals surface area contributed by atoms with Crippen LogP contribution in [0.5, 0.6) is 0 Å². The van der Waals surface area contributed by atoms with Gasteiger partial charge in [-0.05, 0) is 44.1 Å². The monoisotopic (exact) mass is 388 g/mol. The summed E-state index contributed by atoms with van der Waals surface area (Å²) in [5, 5.41) is 4.66. The molecule has 1 N–H and O–H groups in total. The van der Waals surface area contributed by atoms with E-state index in [1.807, 2.05) is 11.8 Å². The Bertz CT molecular complexity index is 842. The first-order valence-corrected chi connectivity index (χ1v) is 10.8. The fourth-order valence-electron chi connectivity index (χ4n) is 4.01. The lowest BCUT2D eigenvalue weighted by molar-refractivity contribution is -0.137. The Morgan fingerprint density at radius 1 is 1.19 bits per heavy atom. The lowest BCUT2D eigenvalue weighted by Gasteiger charge is -2.32. The highest BCUT2D eigenvalue weighted by Gasteiger charge is 2.30. The summed E-state index contributed by atoms with van der Waals surface area (Å²) in [6.07, 6.45) is 4.68. The van der Waals surface area contributed by atoms with Crippen molar-refractivity contribution >= 4 is 33.3 Å². The maximum Gasteiger partial charge on any atom is 0.245 e. The summed E-state index contributed by atoms with van der Waals surface area (Å²) >= 11 is 1.80. The van der Waals surface area contributed by atoms with Gasteiger partial charge in [-0.2, -0.15) is 0 Å². The van der Waals surface area contributed by atoms with Crippen LogP contribution >= 0.6 is 11.3 Å². The summed E-state index contributed by atoms with van der Waals surface area (Å²) in [4.78, 5) is 27.0. The largest absolute Gasteiger partial charge is 0.378 e. The van der Waals surface area contributed by atoms with Gasteiger partial charge in [-0.3, -0.25) is 4.79 Å². The number of carbonyl (C=O) groups excluding carboxylic acids is 1. The quantitative estimate of drug-likeness (QED) is 0.871. The molecule has 0 aromatic carbocycles. The van der Waals surface area contributed by atoms with Gasteiger partial charge in [0.05, 0.1) is 18.6 Å². The van der Waals surface area contributed by atoms with Crippen LogP contribution in [0.4, 0.5) is 5.82 Å². The van der Waals surface area contributed by atoms with E-state index in [0.717, 1.165) is 34.7 Å². The molecule has 27 heavy (non-hydrogen) atoms. The normalized spacial score (nSPS) is 18.6. The zero-order chi connectivity index (χ0) is 19.0. The molecule has 0 spiro atoms. The summed E-state index contributed by atoms with van der Waals surface area (Å²) in [6, 6.07) is -0.292. The summed E-state index contributed by atoms with van der Waals surface area (Å²) in [7, 11) is 0. The lowest BCUT2D eigenvalue weighted by atomic mass is 9.96. The van der Waals surface area contributed by atoms with Crippen LogP contribution < -0.4 is 5.32 Å². The number of nitrogens with one attached hydrogen (secondary N) is 1. The van der Waals surface area contributed by atoms with Crippen molar-refractivity contribution in [3.05, 3.63) is 16.3 Å². The van der Waals surface area contributed by atoms with Crippen molar-refractivity contribution in [3.63, 3.8) is 0 Å². The Morgan fingerprint density at radius 2 is 1.93 bits per heavy atom. The number of hydrogen-bond donors (Lipinski definition) is 1. The molecular formula is C20H28N4O2S. The van der Waals surface area contributed by atoms with Crippen LogP contribution in [0.25, 0.3) is 10.2 Å². The summed E-state index contributed by atoms with van der Waals surface area (Å²) < 4.78 is 5.40. The molecule has 1 unspecified atom stereocenters. The molecule has 0 saturated carbocycles. The first kappa shape index (κ1) is 18.6. The number of morpholine rings is 1. The number of amides is 1. The maximum atomic E-state index is 13.2. The second-order valence-electron chi connectivity index (χ2n) is 7.81. The molecule has 1 saturated heterocycles. The fourth-order valence-corrected chi connectivity index (χ4v) is 5.32. The van der Waals surface area contributed by atoms with Crippen LogP contribution in [0.2, 0.25) is 0 Å². The highest BCUT2D eigenvalue weighted by molar-refractivity contribution is 7.19. The molecular weight excluding hydrogens is 360 g/mol. The van der Waals surface area contributed by atoms with Gasteiger partial charge in [0.1, 0.15) is 22.5 Å². The molecule has 146 valence electrons. The number of nitrogens with zero attached hydrogens (tertiary/aromatic N) is 3. The van der Waals surface area contributed by atoms with Gasteiger partial charge in [0.15, 0.2) is 0 Å². The SMILES string of the molecule is Cc1nc(NC(C(=O)N2CCOCC2)C(C)C)c2c3c(sc2n1)CCCC3. The van der Waals surface area contributed by atoms with E-state index in [0.29, 0.717) is 26.3 Å². The summed E-state index contributed by atoms with van der Waals surface area (Å²) in [5.74, 6) is 1.89. The Morgan fingerprint density at radius 3 is 2.67 bits per heavy atom. The highest BCUT2D eigenvalue weighted by atomic mass is 32.1. The summed E-state index contributed by atoms with van der Waals surface area (Å²) in [6.45, 7) is 8.66. The third kappa shape index (κ3) is 3.67. The third-order valence-corrected chi connectivity index (χ3v) is 6.66. The Balaban J connectivity index is 1.69. The van der Waals surface area contributed by atoms with Crippen LogP contribution in [-0.2, 0) is 22.4 Å². The third-order valence-electron chi connectivity index (χ3n) is 5.47. The van der Waals surface area contributed by atoms with Crippen molar-refractivity contribution < 1.29 is 9.53 Å². The minimum absolute atomic E-state index is 0.141. The van der Waals surface area contributed by atoms with E-state index in [-0.39, 0.29) is 17.9 Å². The smallest absolute Gasteiger partial charge is 0.245 e. The van der Waals surface area contributed by atoms with E-state index in [1.165, 1.54) is 23.3 Å². The number of aryl methyl sites for hydroxylation is 3. The summed E-state index contributed by atoms with van der Waals surface area (Å²) in [5.41, 5.74) is 1.39. The van der Waals surface area contributed by atoms with Crippen LogP contribution in [0, 0.1) is 12.8 Å². The molecule has 1 aliphatic carbocycles. The molecule has 1 atom stereocenters. The number of aromatic nitrogens is 2. The van der Waals surface area contributed by atoms with E-state index in [2.05, 4.69) is 24.1 Å². The van der Waals surface area contributed by atoms with E-state index in [4.69, 9.17) is 9.72 Å². The molecule has 1 fully saturated rings. The van der Waals surface area contributed by atoms with Crippen molar-refractivity contribution in [2.45, 2.75) is 52.5 Å². The predicted octanol–water partition coefficient (Wildman–Crippen LogP) is 3.17. The van der Waals surface area contributed by atoms with Gasteiger partial charge in [0.25, 0.3) is 0 Å². The molecule has 2 aliphatic rings. The number of rotatable bonds is 4. The second kappa shape index (κ2) is 7.72. The van der Waals surface area contributed by atoms with Crippen molar-refractivity contribution in [1.82, 2.24) is 14.9 Å². The van der Waals surface area contributed by atoms with Gasteiger partial charge >= 0.3 is 0 Å². The number of ether oxygens (including phenoxy) is 1. The van der Waals surface area contributed by atoms with Gasteiger partial charge in [-0.25, -0.2) is 9.97 Å². The zero-order valence-corrected chi connectivity index (χ0v) is 17.2. The molecule has 3 heterocycles. The van der Waals surface area contributed by atoms with Crippen molar-refractivity contribution in [3.8, 4) is 0 Å². The first-order chi connectivity index (χ1) is 13.0. The average Bonchev–Trinajstić information content (AvgIpc) is 3.04. The molecule has 7 heteroatoms. The molecule has 0 bridgehead atoms. The van der Waals surface area contributed by atoms with Gasteiger partial charge in [-0.15, -0.1) is 11.3 Å². The fraction of sp³-hybridized carbons (Fsp3) is 0.650. The van der Waals surface area contributed by atoms with E-state index in [9.17, 15) is 4.79 Å². The predicted molar refractivity (Wildman–Crippen MR) is 108 cm³/mol. The van der Waals surface area contributed by atoms with E-state index < -0.39 is 0 Å². The lowest BCUT2D eigenvalue weighted by Crippen LogP contribution is -2.50. The van der Waals surface area contributed by atoms with Gasteiger partial charge < -0.3 is 15.0 Å². The zero-order valence-electron chi connectivity index (χ0n) is 16.4. The maximum absolute atomic E-state index is 13.2. The van der Waals surface area contributed by atoms with Crippen LogP contribution in [0.15, 0.2) is 0 Å². The average molecular weight is 389 g/mol. The van der Waals surface area contributed by atoms with Crippen LogP contribution in [0.3, 0.4) is 0 Å². The highest BCUT2D eigenvalue weighted by Crippen LogP contribution is 2.39. The van der Waals surface area contributed by atoms with Gasteiger partial charge in [0.2, 0.25) is 5.91 Å². The van der Waals surface area contributed by atoms with Crippen molar-refractivity contribution in [2.24, 2.45) is 5.92 Å².